The summed E-state index contributed by atoms with van der Waals surface area (Å²) in [5, 5.41) is 8.12. The van der Waals surface area contributed by atoms with E-state index in [-0.39, 0.29) is 0 Å². The lowest BCUT2D eigenvalue weighted by Crippen LogP contribution is -2.15. The number of aryl methyl sites for hydroxylation is 1. The monoisotopic (exact) mass is 255 g/mol. The van der Waals surface area contributed by atoms with Crippen molar-refractivity contribution < 1.29 is 0 Å². The molecular formula is C16H21N3. The Kier molecular flexibility index (Phi) is 3.38. The number of benzene rings is 1. The third-order valence-electron chi connectivity index (χ3n) is 3.87. The van der Waals surface area contributed by atoms with Gasteiger partial charge in [0.1, 0.15) is 0 Å². The van der Waals surface area contributed by atoms with Gasteiger partial charge in [-0.1, -0.05) is 25.1 Å². The van der Waals surface area contributed by atoms with Gasteiger partial charge in [0.2, 0.25) is 0 Å². The van der Waals surface area contributed by atoms with E-state index in [0.717, 1.165) is 19.0 Å². The smallest absolute Gasteiger partial charge is 0.0680 e. The number of hydrogen-bond donors (Lipinski definition) is 1. The van der Waals surface area contributed by atoms with Gasteiger partial charge in [-0.3, -0.25) is 0 Å². The summed E-state index contributed by atoms with van der Waals surface area (Å²) in [4.78, 5) is 0. The van der Waals surface area contributed by atoms with E-state index in [1.807, 2.05) is 6.20 Å². The van der Waals surface area contributed by atoms with Crippen LogP contribution in [0.1, 0.15) is 36.6 Å². The van der Waals surface area contributed by atoms with Gasteiger partial charge in [0.25, 0.3) is 0 Å². The number of nitrogens with one attached hydrogen (secondary N) is 1. The summed E-state index contributed by atoms with van der Waals surface area (Å²) in [5.74, 6) is 0. The molecule has 0 atom stereocenters. The zero-order chi connectivity index (χ0) is 13.2. The molecule has 1 fully saturated rings. The molecule has 1 aromatic carbocycles. The fourth-order valence-electron chi connectivity index (χ4n) is 2.42. The Morgan fingerprint density at radius 1 is 1.26 bits per heavy atom. The molecule has 1 aliphatic rings. The fraction of sp³-hybridized carbons (Fsp3) is 0.438. The normalized spacial score (nSPS) is 14.8. The van der Waals surface area contributed by atoms with E-state index in [9.17, 15) is 0 Å². The van der Waals surface area contributed by atoms with Crippen molar-refractivity contribution in [2.75, 3.05) is 0 Å². The van der Waals surface area contributed by atoms with Crippen LogP contribution in [0.2, 0.25) is 0 Å². The lowest BCUT2D eigenvalue weighted by atomic mass is 10.1. The zero-order valence-corrected chi connectivity index (χ0v) is 11.7. The van der Waals surface area contributed by atoms with Gasteiger partial charge < -0.3 is 5.32 Å². The van der Waals surface area contributed by atoms with E-state index >= 15 is 0 Å². The first-order valence-corrected chi connectivity index (χ1v) is 7.14. The number of aromatic nitrogens is 2. The van der Waals surface area contributed by atoms with Gasteiger partial charge in [-0.05, 0) is 37.8 Å². The summed E-state index contributed by atoms with van der Waals surface area (Å²) in [6, 6.07) is 9.25. The predicted molar refractivity (Wildman–Crippen MR) is 77.5 cm³/mol. The van der Waals surface area contributed by atoms with Crippen LogP contribution in [0.15, 0.2) is 30.5 Å². The maximum atomic E-state index is 4.57. The van der Waals surface area contributed by atoms with Crippen molar-refractivity contribution in [1.82, 2.24) is 15.1 Å². The van der Waals surface area contributed by atoms with Gasteiger partial charge in [0.05, 0.1) is 11.9 Å². The third-order valence-corrected chi connectivity index (χ3v) is 3.87. The average molecular weight is 255 g/mol. The number of nitrogens with zero attached hydrogens (tertiary/aromatic N) is 2. The molecule has 3 rings (SSSR count). The molecule has 0 spiro atoms. The minimum absolute atomic E-state index is 0.741. The van der Waals surface area contributed by atoms with Gasteiger partial charge in [-0.25, -0.2) is 4.68 Å². The van der Waals surface area contributed by atoms with Gasteiger partial charge >= 0.3 is 0 Å². The van der Waals surface area contributed by atoms with E-state index < -0.39 is 0 Å². The Bertz CT molecular complexity index is 567. The van der Waals surface area contributed by atoms with Crippen molar-refractivity contribution in [2.45, 2.75) is 45.7 Å². The summed E-state index contributed by atoms with van der Waals surface area (Å²) in [6.45, 7) is 5.28. The highest BCUT2D eigenvalue weighted by molar-refractivity contribution is 5.42. The minimum Gasteiger partial charge on any atom is -0.310 e. The molecule has 0 saturated heterocycles. The molecule has 100 valence electrons. The molecule has 19 heavy (non-hydrogen) atoms. The van der Waals surface area contributed by atoms with Crippen molar-refractivity contribution in [2.24, 2.45) is 0 Å². The zero-order valence-electron chi connectivity index (χ0n) is 11.7. The first kappa shape index (κ1) is 12.4. The molecule has 3 nitrogen and oxygen atoms in total. The molecular weight excluding hydrogens is 234 g/mol. The molecule has 1 aromatic heterocycles. The second-order valence-corrected chi connectivity index (χ2v) is 5.30. The van der Waals surface area contributed by atoms with Crippen LogP contribution >= 0.6 is 0 Å². The Labute approximate surface area is 114 Å². The second-order valence-electron chi connectivity index (χ2n) is 5.30. The van der Waals surface area contributed by atoms with Crippen LogP contribution < -0.4 is 5.32 Å². The SMILES string of the molecule is CCc1ccccc1-n1ncc(CNC2CC2)c1C. The average Bonchev–Trinajstić information content (AvgIpc) is 3.20. The van der Waals surface area contributed by atoms with Gasteiger partial charge in [0, 0.05) is 23.8 Å². The van der Waals surface area contributed by atoms with Crippen LogP contribution in [0.3, 0.4) is 0 Å². The molecule has 3 heteroatoms. The molecule has 1 aliphatic carbocycles. The van der Waals surface area contributed by atoms with Crippen molar-refractivity contribution in [3.05, 3.63) is 47.3 Å². The van der Waals surface area contributed by atoms with Crippen molar-refractivity contribution in [3.8, 4) is 5.69 Å². The van der Waals surface area contributed by atoms with E-state index in [2.05, 4.69) is 53.2 Å². The molecule has 1 N–H and O–H groups in total. The topological polar surface area (TPSA) is 29.9 Å². The molecule has 2 aromatic rings. The first-order chi connectivity index (χ1) is 9.29. The second kappa shape index (κ2) is 5.17. The molecule has 1 heterocycles. The van der Waals surface area contributed by atoms with Gasteiger partial charge in [-0.15, -0.1) is 0 Å². The standard InChI is InChI=1S/C16H21N3/c1-3-13-6-4-5-7-16(13)19-12(2)14(11-18-19)10-17-15-8-9-15/h4-7,11,15,17H,3,8-10H2,1-2H3. The maximum absolute atomic E-state index is 4.57. The summed E-state index contributed by atoms with van der Waals surface area (Å²) < 4.78 is 2.07. The third kappa shape index (κ3) is 2.56. The van der Waals surface area contributed by atoms with Crippen LogP contribution in [-0.2, 0) is 13.0 Å². The van der Waals surface area contributed by atoms with Crippen molar-refractivity contribution in [3.63, 3.8) is 0 Å². The lowest BCUT2D eigenvalue weighted by molar-refractivity contribution is 0.684. The van der Waals surface area contributed by atoms with E-state index in [1.165, 1.54) is 35.3 Å². The molecule has 0 amide bonds. The fourth-order valence-corrected chi connectivity index (χ4v) is 2.42. The Morgan fingerprint density at radius 2 is 2.05 bits per heavy atom. The van der Waals surface area contributed by atoms with Crippen molar-refractivity contribution >= 4 is 0 Å². The van der Waals surface area contributed by atoms with Crippen LogP contribution in [0.4, 0.5) is 0 Å². The number of rotatable bonds is 5. The minimum atomic E-state index is 0.741. The van der Waals surface area contributed by atoms with E-state index in [1.54, 1.807) is 0 Å². The highest BCUT2D eigenvalue weighted by atomic mass is 15.3. The number of para-hydroxylation sites is 1. The van der Waals surface area contributed by atoms with Crippen molar-refractivity contribution in [1.29, 1.82) is 0 Å². The largest absolute Gasteiger partial charge is 0.310 e. The quantitative estimate of drug-likeness (QED) is 0.890. The Hall–Kier alpha value is -1.61. The molecule has 0 radical (unpaired) electrons. The maximum Gasteiger partial charge on any atom is 0.0680 e. The Balaban J connectivity index is 1.87. The predicted octanol–water partition coefficient (Wildman–Crippen LogP) is 3.00. The highest BCUT2D eigenvalue weighted by Crippen LogP contribution is 2.21. The van der Waals surface area contributed by atoms with Crippen LogP contribution in [0.25, 0.3) is 5.69 Å². The highest BCUT2D eigenvalue weighted by Gasteiger charge is 2.21. The molecule has 0 aliphatic heterocycles. The van der Waals surface area contributed by atoms with Crippen LogP contribution in [-0.4, -0.2) is 15.8 Å². The lowest BCUT2D eigenvalue weighted by Gasteiger charge is -2.10. The summed E-state index contributed by atoms with van der Waals surface area (Å²) in [7, 11) is 0. The summed E-state index contributed by atoms with van der Waals surface area (Å²) in [6.07, 6.45) is 5.68. The van der Waals surface area contributed by atoms with Gasteiger partial charge in [-0.2, -0.15) is 5.10 Å². The van der Waals surface area contributed by atoms with E-state index in [0.29, 0.717) is 0 Å². The summed E-state index contributed by atoms with van der Waals surface area (Å²) in [5.41, 5.74) is 5.10. The molecule has 1 saturated carbocycles. The van der Waals surface area contributed by atoms with Crippen LogP contribution in [0.5, 0.6) is 0 Å². The van der Waals surface area contributed by atoms with E-state index in [4.69, 9.17) is 0 Å². The van der Waals surface area contributed by atoms with Gasteiger partial charge in [0.15, 0.2) is 0 Å². The molecule has 0 bridgehead atoms. The van der Waals surface area contributed by atoms with Crippen LogP contribution in [0, 0.1) is 6.92 Å². The molecule has 0 unspecified atom stereocenters. The number of hydrogen-bond acceptors (Lipinski definition) is 2. The Morgan fingerprint density at radius 3 is 2.79 bits per heavy atom. The first-order valence-electron chi connectivity index (χ1n) is 7.14. The summed E-state index contributed by atoms with van der Waals surface area (Å²) >= 11 is 0.